The summed E-state index contributed by atoms with van der Waals surface area (Å²) in [5.74, 6) is -1.02. The number of hydrogen-bond acceptors (Lipinski definition) is 3. The Morgan fingerprint density at radius 1 is 0.935 bits per heavy atom. The molecule has 158 valence electrons. The minimum atomic E-state index is -0.976. The molecule has 0 bridgehead atoms. The smallest absolute Gasteiger partial charge is 0.407 e. The number of carbonyl (C=O) groups excluding carboxylic acids is 1. The van der Waals surface area contributed by atoms with Crippen LogP contribution >= 0.6 is 15.9 Å². The van der Waals surface area contributed by atoms with Gasteiger partial charge in [-0.1, -0.05) is 82.7 Å². The first-order chi connectivity index (χ1) is 15.0. The summed E-state index contributed by atoms with van der Waals surface area (Å²) in [6, 6.07) is 23.2. The van der Waals surface area contributed by atoms with Crippen LogP contribution in [0, 0.1) is 0 Å². The average molecular weight is 480 g/mol. The lowest BCUT2D eigenvalue weighted by molar-refractivity contribution is -0.137. The second-order valence-electron chi connectivity index (χ2n) is 7.56. The largest absolute Gasteiger partial charge is 0.481 e. The van der Waals surface area contributed by atoms with Crippen molar-refractivity contribution in [3.8, 4) is 11.1 Å². The van der Waals surface area contributed by atoms with Crippen LogP contribution in [0.1, 0.15) is 29.0 Å². The van der Waals surface area contributed by atoms with E-state index in [-0.39, 0.29) is 18.9 Å². The lowest BCUT2D eigenvalue weighted by Crippen LogP contribution is -2.39. The Balaban J connectivity index is 1.44. The summed E-state index contributed by atoms with van der Waals surface area (Å²) in [5, 5.41) is 12.0. The molecule has 1 aliphatic rings. The Hall–Kier alpha value is -3.12. The topological polar surface area (TPSA) is 75.6 Å². The molecule has 4 rings (SSSR count). The quantitative estimate of drug-likeness (QED) is 0.477. The molecule has 0 unspecified atom stereocenters. The maximum Gasteiger partial charge on any atom is 0.407 e. The van der Waals surface area contributed by atoms with Crippen LogP contribution in [0.5, 0.6) is 0 Å². The summed E-state index contributed by atoms with van der Waals surface area (Å²) in [6.45, 7) is 0.189. The summed E-state index contributed by atoms with van der Waals surface area (Å²) >= 11 is 3.47. The first-order valence-corrected chi connectivity index (χ1v) is 10.9. The molecule has 0 fully saturated rings. The minimum Gasteiger partial charge on any atom is -0.481 e. The monoisotopic (exact) mass is 479 g/mol. The molecule has 3 aromatic carbocycles. The lowest BCUT2D eigenvalue weighted by atomic mass is 9.98. The first kappa shape index (κ1) is 21.1. The van der Waals surface area contributed by atoms with Crippen LogP contribution in [0.3, 0.4) is 0 Å². The third-order valence-corrected chi connectivity index (χ3v) is 6.28. The van der Waals surface area contributed by atoms with Crippen LogP contribution in [0.15, 0.2) is 77.3 Å². The number of carbonyl (C=O) groups is 2. The number of carboxylic acid groups (broad SMARTS) is 1. The highest BCUT2D eigenvalue weighted by molar-refractivity contribution is 9.10. The van der Waals surface area contributed by atoms with Crippen LogP contribution in [0.4, 0.5) is 4.79 Å². The number of alkyl carbamates (subject to hydrolysis) is 1. The fraction of sp³-hybridized carbons (Fsp3) is 0.200. The van der Waals surface area contributed by atoms with E-state index in [0.29, 0.717) is 6.42 Å². The van der Waals surface area contributed by atoms with Gasteiger partial charge in [-0.3, -0.25) is 4.79 Å². The van der Waals surface area contributed by atoms with Gasteiger partial charge in [0.1, 0.15) is 6.61 Å². The molecule has 1 aliphatic carbocycles. The molecule has 31 heavy (non-hydrogen) atoms. The summed E-state index contributed by atoms with van der Waals surface area (Å²) in [5.41, 5.74) is 5.50. The SMILES string of the molecule is O=C(O)C[C@H](Cc1ccccc1Br)NC(=O)OCC1c2ccccc2-c2ccccc21. The predicted molar refractivity (Wildman–Crippen MR) is 122 cm³/mol. The van der Waals surface area contributed by atoms with Gasteiger partial charge in [-0.2, -0.15) is 0 Å². The highest BCUT2D eigenvalue weighted by atomic mass is 79.9. The van der Waals surface area contributed by atoms with E-state index in [1.54, 1.807) is 0 Å². The van der Waals surface area contributed by atoms with Crippen molar-refractivity contribution in [2.24, 2.45) is 0 Å². The standard InChI is InChI=1S/C25H22BrNO4/c26-23-12-6-1-7-16(23)13-17(14-24(28)29)27-25(30)31-15-22-20-10-4-2-8-18(20)19-9-3-5-11-21(19)22/h1-12,17,22H,13-15H2,(H,27,30)(H,28,29)/t17-/m0/s1. The molecule has 0 radical (unpaired) electrons. The number of carboxylic acids is 1. The van der Waals surface area contributed by atoms with Crippen molar-refractivity contribution in [3.63, 3.8) is 0 Å². The van der Waals surface area contributed by atoms with Crippen molar-refractivity contribution in [3.05, 3.63) is 94.0 Å². The molecule has 2 N–H and O–H groups in total. The maximum absolute atomic E-state index is 12.6. The Labute approximate surface area is 189 Å². The lowest BCUT2D eigenvalue weighted by Gasteiger charge is -2.19. The van der Waals surface area contributed by atoms with Crippen LogP contribution < -0.4 is 5.32 Å². The van der Waals surface area contributed by atoms with Gasteiger partial charge in [-0.15, -0.1) is 0 Å². The van der Waals surface area contributed by atoms with Gasteiger partial charge < -0.3 is 15.2 Å². The second kappa shape index (κ2) is 9.35. The Morgan fingerprint density at radius 2 is 1.52 bits per heavy atom. The van der Waals surface area contributed by atoms with E-state index < -0.39 is 18.1 Å². The van der Waals surface area contributed by atoms with Gasteiger partial charge in [0, 0.05) is 16.4 Å². The number of rotatable bonds is 7. The number of ether oxygens (including phenoxy) is 1. The van der Waals surface area contributed by atoms with Crippen LogP contribution in [0.2, 0.25) is 0 Å². The molecule has 3 aromatic rings. The van der Waals surface area contributed by atoms with Crippen LogP contribution in [0.25, 0.3) is 11.1 Å². The van der Waals surface area contributed by atoms with Gasteiger partial charge in [0.2, 0.25) is 0 Å². The fourth-order valence-electron chi connectivity index (χ4n) is 4.12. The van der Waals surface area contributed by atoms with Crippen molar-refractivity contribution < 1.29 is 19.4 Å². The van der Waals surface area contributed by atoms with Gasteiger partial charge >= 0.3 is 12.1 Å². The van der Waals surface area contributed by atoms with Gasteiger partial charge in [-0.25, -0.2) is 4.79 Å². The highest BCUT2D eigenvalue weighted by Crippen LogP contribution is 2.44. The predicted octanol–water partition coefficient (Wildman–Crippen LogP) is 5.37. The number of amides is 1. The van der Waals surface area contributed by atoms with E-state index >= 15 is 0 Å². The molecule has 0 saturated carbocycles. The number of halogens is 1. The Bertz CT molecular complexity index is 1070. The molecule has 0 aromatic heterocycles. The summed E-state index contributed by atoms with van der Waals surface area (Å²) in [4.78, 5) is 23.9. The van der Waals surface area contributed by atoms with E-state index in [1.807, 2.05) is 48.5 Å². The molecule has 5 nitrogen and oxygen atoms in total. The molecule has 0 heterocycles. The number of nitrogens with one attached hydrogen (secondary N) is 1. The van der Waals surface area contributed by atoms with Crippen molar-refractivity contribution in [1.82, 2.24) is 5.32 Å². The number of hydrogen-bond donors (Lipinski definition) is 2. The molecule has 1 atom stereocenters. The van der Waals surface area contributed by atoms with Crippen molar-refractivity contribution in [2.45, 2.75) is 24.8 Å². The molecular weight excluding hydrogens is 458 g/mol. The normalized spacial score (nSPS) is 13.2. The van der Waals surface area contributed by atoms with E-state index in [9.17, 15) is 14.7 Å². The molecule has 0 aliphatic heterocycles. The summed E-state index contributed by atoms with van der Waals surface area (Å²) in [6.07, 6.45) is -0.413. The van der Waals surface area contributed by atoms with Crippen molar-refractivity contribution >= 4 is 28.0 Å². The van der Waals surface area contributed by atoms with E-state index in [2.05, 4.69) is 45.5 Å². The Kier molecular flexibility index (Phi) is 6.37. The van der Waals surface area contributed by atoms with Gasteiger partial charge in [0.25, 0.3) is 0 Å². The molecule has 0 saturated heterocycles. The highest BCUT2D eigenvalue weighted by Gasteiger charge is 2.29. The molecule has 1 amide bonds. The number of aliphatic carboxylic acids is 1. The van der Waals surface area contributed by atoms with Crippen LogP contribution in [-0.4, -0.2) is 29.8 Å². The van der Waals surface area contributed by atoms with Gasteiger partial charge in [-0.05, 0) is 40.3 Å². The zero-order valence-corrected chi connectivity index (χ0v) is 18.3. The molecule has 6 heteroatoms. The summed E-state index contributed by atoms with van der Waals surface area (Å²) in [7, 11) is 0. The third-order valence-electron chi connectivity index (χ3n) is 5.51. The van der Waals surface area contributed by atoms with E-state index in [4.69, 9.17) is 4.74 Å². The second-order valence-corrected chi connectivity index (χ2v) is 8.41. The third kappa shape index (κ3) is 4.80. The zero-order chi connectivity index (χ0) is 21.8. The molecular formula is C25H22BrNO4. The fourth-order valence-corrected chi connectivity index (χ4v) is 4.57. The maximum atomic E-state index is 12.6. The molecule has 0 spiro atoms. The van der Waals surface area contributed by atoms with E-state index in [0.717, 1.165) is 32.3 Å². The Morgan fingerprint density at radius 3 is 2.13 bits per heavy atom. The zero-order valence-electron chi connectivity index (χ0n) is 16.8. The summed E-state index contributed by atoms with van der Waals surface area (Å²) < 4.78 is 6.44. The van der Waals surface area contributed by atoms with Crippen LogP contribution in [-0.2, 0) is 16.0 Å². The van der Waals surface area contributed by atoms with Gasteiger partial charge in [0.15, 0.2) is 0 Å². The van der Waals surface area contributed by atoms with Crippen molar-refractivity contribution in [1.29, 1.82) is 0 Å². The van der Waals surface area contributed by atoms with Crippen molar-refractivity contribution in [2.75, 3.05) is 6.61 Å². The van der Waals surface area contributed by atoms with E-state index in [1.165, 1.54) is 0 Å². The average Bonchev–Trinajstić information content (AvgIpc) is 3.07. The van der Waals surface area contributed by atoms with Gasteiger partial charge in [0.05, 0.1) is 6.42 Å². The minimum absolute atomic E-state index is 0.0423. The first-order valence-electron chi connectivity index (χ1n) is 10.1. The number of benzene rings is 3. The number of fused-ring (bicyclic) bond motifs is 3.